The van der Waals surface area contributed by atoms with Crippen LogP contribution in [0.15, 0.2) is 11.0 Å². The van der Waals surface area contributed by atoms with Crippen molar-refractivity contribution in [2.24, 2.45) is 5.92 Å². The molecule has 0 aliphatic heterocycles. The van der Waals surface area contributed by atoms with E-state index < -0.39 is 0 Å². The number of fused-ring (bicyclic) bond motifs is 1. The van der Waals surface area contributed by atoms with Gasteiger partial charge in [0.2, 0.25) is 5.65 Å². The molecule has 1 aliphatic carbocycles. The molecule has 0 bridgehead atoms. The van der Waals surface area contributed by atoms with E-state index in [1.807, 2.05) is 0 Å². The Bertz CT molecular complexity index is 734. The van der Waals surface area contributed by atoms with Crippen molar-refractivity contribution in [2.75, 3.05) is 5.32 Å². The van der Waals surface area contributed by atoms with Crippen molar-refractivity contribution in [3.63, 3.8) is 0 Å². The van der Waals surface area contributed by atoms with Crippen molar-refractivity contribution in [3.8, 4) is 0 Å². The van der Waals surface area contributed by atoms with Gasteiger partial charge in [-0.05, 0) is 25.7 Å². The second-order valence-corrected chi connectivity index (χ2v) is 7.78. The van der Waals surface area contributed by atoms with E-state index in [1.54, 1.807) is 10.6 Å². The predicted molar refractivity (Wildman–Crippen MR) is 92.0 cm³/mol. The van der Waals surface area contributed by atoms with E-state index in [1.165, 1.54) is 32.1 Å². The third-order valence-electron chi connectivity index (χ3n) is 4.89. The summed E-state index contributed by atoms with van der Waals surface area (Å²) in [4.78, 5) is 16.8. The molecule has 1 unspecified atom stereocenters. The van der Waals surface area contributed by atoms with Gasteiger partial charge < -0.3 is 5.32 Å². The molecule has 1 atom stereocenters. The Morgan fingerprint density at radius 1 is 1.30 bits per heavy atom. The SMILES string of the molecule is CC(Nc1nc(C(C)(C)C)cn2c(=O)[nH]nc12)C1CCCCC1. The van der Waals surface area contributed by atoms with E-state index in [0.717, 1.165) is 5.69 Å². The first kappa shape index (κ1) is 16.0. The van der Waals surface area contributed by atoms with Crippen LogP contribution < -0.4 is 11.0 Å². The molecule has 0 radical (unpaired) electrons. The number of aromatic amines is 1. The Kier molecular flexibility index (Phi) is 4.17. The smallest absolute Gasteiger partial charge is 0.347 e. The highest BCUT2D eigenvalue weighted by Crippen LogP contribution is 2.29. The number of nitrogens with zero attached hydrogens (tertiary/aromatic N) is 3. The summed E-state index contributed by atoms with van der Waals surface area (Å²) >= 11 is 0. The van der Waals surface area contributed by atoms with E-state index in [2.05, 4.69) is 43.2 Å². The summed E-state index contributed by atoms with van der Waals surface area (Å²) in [6, 6.07) is 0.327. The molecule has 0 spiro atoms. The van der Waals surface area contributed by atoms with Gasteiger partial charge in [0.25, 0.3) is 0 Å². The molecular weight excluding hydrogens is 290 g/mol. The number of aromatic nitrogens is 4. The van der Waals surface area contributed by atoms with Crippen molar-refractivity contribution in [2.45, 2.75) is 71.3 Å². The maximum absolute atomic E-state index is 12.0. The summed E-state index contributed by atoms with van der Waals surface area (Å²) in [6.45, 7) is 8.50. The molecule has 6 nitrogen and oxygen atoms in total. The number of nitrogens with one attached hydrogen (secondary N) is 2. The highest BCUT2D eigenvalue weighted by atomic mass is 16.1. The molecule has 2 N–H and O–H groups in total. The molecular formula is C17H27N5O. The van der Waals surface area contributed by atoms with Gasteiger partial charge in [0.1, 0.15) is 0 Å². The minimum absolute atomic E-state index is 0.130. The summed E-state index contributed by atoms with van der Waals surface area (Å²) in [5.41, 5.74) is 1.11. The lowest BCUT2D eigenvalue weighted by Gasteiger charge is -2.29. The molecule has 3 rings (SSSR count). The zero-order chi connectivity index (χ0) is 16.6. The second-order valence-electron chi connectivity index (χ2n) is 7.78. The van der Waals surface area contributed by atoms with Crippen LogP contribution in [-0.4, -0.2) is 25.6 Å². The van der Waals surface area contributed by atoms with Crippen LogP contribution in [0.5, 0.6) is 0 Å². The fourth-order valence-electron chi connectivity index (χ4n) is 3.34. The molecule has 23 heavy (non-hydrogen) atoms. The van der Waals surface area contributed by atoms with Gasteiger partial charge in [-0.2, -0.15) is 0 Å². The Hall–Kier alpha value is -1.85. The highest BCUT2D eigenvalue weighted by Gasteiger charge is 2.24. The zero-order valence-electron chi connectivity index (χ0n) is 14.5. The summed E-state index contributed by atoms with van der Waals surface area (Å²) in [5.74, 6) is 1.36. The minimum Gasteiger partial charge on any atom is -0.364 e. The van der Waals surface area contributed by atoms with E-state index in [-0.39, 0.29) is 11.1 Å². The minimum atomic E-state index is -0.221. The molecule has 126 valence electrons. The largest absolute Gasteiger partial charge is 0.364 e. The Morgan fingerprint density at radius 3 is 2.65 bits per heavy atom. The van der Waals surface area contributed by atoms with Gasteiger partial charge in [-0.3, -0.25) is 0 Å². The van der Waals surface area contributed by atoms with Gasteiger partial charge in [-0.1, -0.05) is 40.0 Å². The molecule has 1 fully saturated rings. The van der Waals surface area contributed by atoms with Gasteiger partial charge >= 0.3 is 5.69 Å². The average molecular weight is 317 g/mol. The molecule has 6 heteroatoms. The molecule has 2 heterocycles. The third-order valence-corrected chi connectivity index (χ3v) is 4.89. The van der Waals surface area contributed by atoms with E-state index in [4.69, 9.17) is 4.98 Å². The first-order chi connectivity index (χ1) is 10.9. The van der Waals surface area contributed by atoms with Crippen LogP contribution in [0.1, 0.15) is 65.5 Å². The van der Waals surface area contributed by atoms with Crippen LogP contribution in [0.4, 0.5) is 5.82 Å². The number of hydrogen-bond acceptors (Lipinski definition) is 4. The molecule has 1 saturated carbocycles. The van der Waals surface area contributed by atoms with Crippen LogP contribution in [0.25, 0.3) is 5.65 Å². The molecule has 2 aromatic heterocycles. The van der Waals surface area contributed by atoms with Gasteiger partial charge in [0.05, 0.1) is 5.69 Å². The van der Waals surface area contributed by atoms with Crippen molar-refractivity contribution in [1.82, 2.24) is 19.6 Å². The molecule has 1 aliphatic rings. The van der Waals surface area contributed by atoms with Gasteiger partial charge in [-0.15, -0.1) is 5.10 Å². The van der Waals surface area contributed by atoms with Crippen molar-refractivity contribution in [1.29, 1.82) is 0 Å². The first-order valence-electron chi connectivity index (χ1n) is 8.61. The maximum atomic E-state index is 12.0. The highest BCUT2D eigenvalue weighted by molar-refractivity contribution is 5.62. The first-order valence-corrected chi connectivity index (χ1v) is 8.61. The van der Waals surface area contributed by atoms with E-state index in [0.29, 0.717) is 23.4 Å². The Labute approximate surface area is 136 Å². The summed E-state index contributed by atoms with van der Waals surface area (Å²) in [6.07, 6.45) is 8.28. The van der Waals surface area contributed by atoms with Crippen LogP contribution >= 0.6 is 0 Å². The van der Waals surface area contributed by atoms with Gasteiger partial charge in [0.15, 0.2) is 5.82 Å². The lowest BCUT2D eigenvalue weighted by molar-refractivity contribution is 0.328. The fraction of sp³-hybridized carbons (Fsp3) is 0.706. The van der Waals surface area contributed by atoms with Crippen LogP contribution in [0.3, 0.4) is 0 Å². The summed E-state index contributed by atoms with van der Waals surface area (Å²) < 4.78 is 1.56. The number of anilines is 1. The lowest BCUT2D eigenvalue weighted by Crippen LogP contribution is -2.29. The topological polar surface area (TPSA) is 75.1 Å². The second kappa shape index (κ2) is 5.98. The monoisotopic (exact) mass is 317 g/mol. The summed E-state index contributed by atoms with van der Waals surface area (Å²) in [5, 5.41) is 10.2. The number of H-pyrrole nitrogens is 1. The Morgan fingerprint density at radius 2 is 2.00 bits per heavy atom. The average Bonchev–Trinajstić information content (AvgIpc) is 2.89. The van der Waals surface area contributed by atoms with E-state index >= 15 is 0 Å². The predicted octanol–water partition coefficient (Wildman–Crippen LogP) is 3.10. The van der Waals surface area contributed by atoms with Crippen LogP contribution in [-0.2, 0) is 5.41 Å². The fourth-order valence-corrected chi connectivity index (χ4v) is 3.34. The molecule has 2 aromatic rings. The molecule has 0 amide bonds. The van der Waals surface area contributed by atoms with Crippen molar-refractivity contribution < 1.29 is 0 Å². The van der Waals surface area contributed by atoms with E-state index in [9.17, 15) is 4.79 Å². The maximum Gasteiger partial charge on any atom is 0.347 e. The van der Waals surface area contributed by atoms with Gasteiger partial charge in [-0.25, -0.2) is 19.3 Å². The molecule has 0 aromatic carbocycles. The standard InChI is InChI=1S/C17H27N5O/c1-11(12-8-6-5-7-9-12)18-14-15-20-21-16(23)22(15)10-13(19-14)17(2,3)4/h10-12H,5-9H2,1-4H3,(H,18,19)(H,21,23). The van der Waals surface area contributed by atoms with Crippen molar-refractivity contribution >= 4 is 11.5 Å². The van der Waals surface area contributed by atoms with Gasteiger partial charge in [0, 0.05) is 17.7 Å². The van der Waals surface area contributed by atoms with Crippen LogP contribution in [0, 0.1) is 5.92 Å². The Balaban J connectivity index is 1.96. The summed E-state index contributed by atoms with van der Waals surface area (Å²) in [7, 11) is 0. The lowest BCUT2D eigenvalue weighted by atomic mass is 9.84. The third kappa shape index (κ3) is 3.26. The van der Waals surface area contributed by atoms with Crippen LogP contribution in [0.2, 0.25) is 0 Å². The zero-order valence-corrected chi connectivity index (χ0v) is 14.5. The normalized spacial score (nSPS) is 18.3. The van der Waals surface area contributed by atoms with Crippen molar-refractivity contribution in [3.05, 3.63) is 22.4 Å². The number of rotatable bonds is 3. The number of hydrogen-bond donors (Lipinski definition) is 2. The quantitative estimate of drug-likeness (QED) is 0.912. The molecule has 0 saturated heterocycles.